The maximum atomic E-state index is 13.3. The van der Waals surface area contributed by atoms with Crippen molar-refractivity contribution in [1.82, 2.24) is 24.5 Å². The molecule has 0 bridgehead atoms. The second kappa shape index (κ2) is 8.30. The molecule has 11 heteroatoms. The molecule has 0 radical (unpaired) electrons. The Morgan fingerprint density at radius 2 is 1.81 bits per heavy atom. The first-order valence-corrected chi connectivity index (χ1v) is 10.5. The van der Waals surface area contributed by atoms with Crippen molar-refractivity contribution < 1.29 is 18.0 Å². The van der Waals surface area contributed by atoms with Crippen LogP contribution in [0.1, 0.15) is 12.5 Å². The van der Waals surface area contributed by atoms with Crippen molar-refractivity contribution in [1.29, 1.82) is 0 Å². The van der Waals surface area contributed by atoms with Crippen molar-refractivity contribution in [2.45, 2.75) is 30.4 Å². The Balaban J connectivity index is 1.82. The van der Waals surface area contributed by atoms with Gasteiger partial charge in [-0.15, -0.1) is 10.2 Å². The van der Waals surface area contributed by atoms with E-state index in [0.29, 0.717) is 16.6 Å². The molecule has 0 fully saturated rings. The molecule has 32 heavy (non-hydrogen) atoms. The first-order valence-electron chi connectivity index (χ1n) is 9.63. The summed E-state index contributed by atoms with van der Waals surface area (Å²) in [5.41, 5.74) is 1.87. The lowest BCUT2D eigenvalue weighted by molar-refractivity contribution is -0.137. The standard InChI is InChI=1S/C21H18F3N5O2S/c1-12-7-9-14(10-8-12)28-18(31)15-5-3-4-6-16(15)29-19(28)26-27-20(29)32-13(2)17(30)25-11-21(22,23)24/h3-10,13H,11H2,1-2H3,(H,25,30). The fourth-order valence-electron chi connectivity index (χ4n) is 3.22. The summed E-state index contributed by atoms with van der Waals surface area (Å²) in [5.74, 6) is -0.539. The molecule has 4 aromatic rings. The Hall–Kier alpha value is -3.34. The van der Waals surface area contributed by atoms with Crippen LogP contribution in [-0.2, 0) is 4.79 Å². The maximum Gasteiger partial charge on any atom is 0.405 e. The van der Waals surface area contributed by atoms with Crippen LogP contribution in [0.2, 0.25) is 0 Å². The highest BCUT2D eigenvalue weighted by Gasteiger charge is 2.29. The highest BCUT2D eigenvalue weighted by Crippen LogP contribution is 2.26. The van der Waals surface area contributed by atoms with Gasteiger partial charge in [-0.2, -0.15) is 13.2 Å². The molecule has 2 aromatic carbocycles. The van der Waals surface area contributed by atoms with Crippen molar-refractivity contribution in [3.05, 3.63) is 64.4 Å². The number of thioether (sulfide) groups is 1. The monoisotopic (exact) mass is 461 g/mol. The number of nitrogens with zero attached hydrogens (tertiary/aromatic N) is 4. The van der Waals surface area contributed by atoms with Gasteiger partial charge in [0, 0.05) is 0 Å². The van der Waals surface area contributed by atoms with E-state index in [-0.39, 0.29) is 16.5 Å². The van der Waals surface area contributed by atoms with Crippen LogP contribution in [-0.4, -0.2) is 43.0 Å². The minimum atomic E-state index is -4.50. The van der Waals surface area contributed by atoms with Crippen LogP contribution in [0.5, 0.6) is 0 Å². The minimum absolute atomic E-state index is 0.239. The zero-order valence-corrected chi connectivity index (χ0v) is 17.9. The van der Waals surface area contributed by atoms with Crippen LogP contribution in [0, 0.1) is 6.92 Å². The van der Waals surface area contributed by atoms with Crippen molar-refractivity contribution in [2.24, 2.45) is 0 Å². The fourth-order valence-corrected chi connectivity index (χ4v) is 4.10. The smallest absolute Gasteiger partial charge is 0.346 e. The number of aryl methyl sites for hydroxylation is 1. The van der Waals surface area contributed by atoms with E-state index in [0.717, 1.165) is 17.3 Å². The van der Waals surface area contributed by atoms with Crippen molar-refractivity contribution in [3.63, 3.8) is 0 Å². The van der Waals surface area contributed by atoms with Gasteiger partial charge in [0.1, 0.15) is 6.54 Å². The highest BCUT2D eigenvalue weighted by atomic mass is 32.2. The number of alkyl halides is 3. The van der Waals surface area contributed by atoms with Gasteiger partial charge in [-0.3, -0.25) is 14.0 Å². The van der Waals surface area contributed by atoms with E-state index < -0.39 is 23.9 Å². The van der Waals surface area contributed by atoms with Crippen LogP contribution >= 0.6 is 11.8 Å². The summed E-state index contributed by atoms with van der Waals surface area (Å²) < 4.78 is 40.3. The Morgan fingerprint density at radius 3 is 2.50 bits per heavy atom. The molecular formula is C21H18F3N5O2S. The van der Waals surface area contributed by atoms with Gasteiger partial charge in [0.2, 0.25) is 11.7 Å². The van der Waals surface area contributed by atoms with Gasteiger partial charge < -0.3 is 5.32 Å². The molecule has 1 N–H and O–H groups in total. The van der Waals surface area contributed by atoms with Crippen LogP contribution in [0.3, 0.4) is 0 Å². The molecule has 4 rings (SSSR count). The lowest BCUT2D eigenvalue weighted by Gasteiger charge is -2.14. The Morgan fingerprint density at radius 1 is 1.12 bits per heavy atom. The summed E-state index contributed by atoms with van der Waals surface area (Å²) >= 11 is 0.960. The second-order valence-corrected chi connectivity index (χ2v) is 8.51. The minimum Gasteiger partial charge on any atom is -0.346 e. The molecule has 1 unspecified atom stereocenters. The molecule has 0 saturated heterocycles. The largest absolute Gasteiger partial charge is 0.405 e. The number of fused-ring (bicyclic) bond motifs is 3. The average Bonchev–Trinajstić information content (AvgIpc) is 3.16. The number of carbonyl (C=O) groups excluding carboxylic acids is 1. The van der Waals surface area contributed by atoms with Crippen molar-refractivity contribution >= 4 is 34.3 Å². The Bertz CT molecular complexity index is 1360. The summed E-state index contributed by atoms with van der Waals surface area (Å²) in [5, 5.41) is 10.0. The van der Waals surface area contributed by atoms with E-state index in [2.05, 4.69) is 10.2 Å². The third-order valence-corrected chi connectivity index (χ3v) is 5.84. The van der Waals surface area contributed by atoms with Crippen molar-refractivity contribution in [3.8, 4) is 5.69 Å². The Labute approximate surface area is 184 Å². The van der Waals surface area contributed by atoms with E-state index in [4.69, 9.17) is 0 Å². The molecule has 1 atom stereocenters. The highest BCUT2D eigenvalue weighted by molar-refractivity contribution is 8.00. The van der Waals surface area contributed by atoms with E-state index >= 15 is 0 Å². The number of para-hydroxylation sites is 1. The molecule has 0 aliphatic heterocycles. The number of hydrogen-bond acceptors (Lipinski definition) is 5. The molecule has 2 aromatic heterocycles. The molecule has 166 valence electrons. The first-order chi connectivity index (χ1) is 15.2. The van der Waals surface area contributed by atoms with Crippen LogP contribution < -0.4 is 10.9 Å². The third kappa shape index (κ3) is 4.20. The van der Waals surface area contributed by atoms with Crippen LogP contribution in [0.25, 0.3) is 22.4 Å². The van der Waals surface area contributed by atoms with E-state index in [1.54, 1.807) is 40.8 Å². The van der Waals surface area contributed by atoms with Gasteiger partial charge in [-0.05, 0) is 38.1 Å². The molecule has 2 heterocycles. The molecule has 1 amide bonds. The van der Waals surface area contributed by atoms with E-state index in [1.165, 1.54) is 11.5 Å². The van der Waals surface area contributed by atoms with Crippen LogP contribution in [0.4, 0.5) is 13.2 Å². The van der Waals surface area contributed by atoms with Crippen molar-refractivity contribution in [2.75, 3.05) is 6.54 Å². The number of benzene rings is 2. The Kier molecular flexibility index (Phi) is 5.68. The lowest BCUT2D eigenvalue weighted by atomic mass is 10.2. The molecule has 7 nitrogen and oxygen atoms in total. The predicted octanol–water partition coefficient (Wildman–Crippen LogP) is 3.50. The molecule has 0 aliphatic rings. The first kappa shape index (κ1) is 21.9. The maximum absolute atomic E-state index is 13.3. The quantitative estimate of drug-likeness (QED) is 0.460. The van der Waals surface area contributed by atoms with Crippen LogP contribution in [0.15, 0.2) is 58.5 Å². The van der Waals surface area contributed by atoms with Gasteiger partial charge in [0.15, 0.2) is 5.16 Å². The van der Waals surface area contributed by atoms with Gasteiger partial charge >= 0.3 is 6.18 Å². The molecule has 0 saturated carbocycles. The number of rotatable bonds is 5. The summed E-state index contributed by atoms with van der Waals surface area (Å²) in [7, 11) is 0. The fraction of sp³-hybridized carbons (Fsp3) is 0.238. The number of hydrogen-bond donors (Lipinski definition) is 1. The molecule has 0 spiro atoms. The number of carbonyl (C=O) groups is 1. The molecule has 0 aliphatic carbocycles. The van der Waals surface area contributed by atoms with Gasteiger partial charge in [-0.25, -0.2) is 4.57 Å². The topological polar surface area (TPSA) is 81.3 Å². The zero-order valence-electron chi connectivity index (χ0n) is 17.1. The number of nitrogens with one attached hydrogen (secondary N) is 1. The predicted molar refractivity (Wildman–Crippen MR) is 115 cm³/mol. The van der Waals surface area contributed by atoms with Gasteiger partial charge in [0.05, 0.1) is 21.8 Å². The van der Waals surface area contributed by atoms with Gasteiger partial charge in [-0.1, -0.05) is 41.6 Å². The van der Waals surface area contributed by atoms with Gasteiger partial charge in [0.25, 0.3) is 5.56 Å². The number of amides is 1. The van der Waals surface area contributed by atoms with E-state index in [9.17, 15) is 22.8 Å². The lowest BCUT2D eigenvalue weighted by Crippen LogP contribution is -2.38. The zero-order chi connectivity index (χ0) is 23.0. The summed E-state index contributed by atoms with van der Waals surface area (Å²) in [4.78, 5) is 25.4. The summed E-state index contributed by atoms with van der Waals surface area (Å²) in [6.07, 6.45) is -4.50. The second-order valence-electron chi connectivity index (χ2n) is 7.20. The average molecular weight is 461 g/mol. The summed E-state index contributed by atoms with van der Waals surface area (Å²) in [6.45, 7) is 2.00. The summed E-state index contributed by atoms with van der Waals surface area (Å²) in [6, 6.07) is 14.2. The third-order valence-electron chi connectivity index (χ3n) is 4.80. The van der Waals surface area contributed by atoms with E-state index in [1.807, 2.05) is 24.4 Å². The number of aromatic nitrogens is 4. The number of halogens is 3. The normalized spacial score (nSPS) is 12.9. The molecular weight excluding hydrogens is 443 g/mol. The SMILES string of the molecule is Cc1ccc(-n2c(=O)c3ccccc3n3c(SC(C)C(=O)NCC(F)(F)F)nnc23)cc1.